The molecule has 0 radical (unpaired) electrons. The molecule has 1 saturated heterocycles. The number of rotatable bonds is 2. The van der Waals surface area contributed by atoms with E-state index in [2.05, 4.69) is 11.4 Å². The third-order valence-electron chi connectivity index (χ3n) is 2.73. The Labute approximate surface area is 78.6 Å². The summed E-state index contributed by atoms with van der Waals surface area (Å²) >= 11 is 0. The first-order valence-corrected chi connectivity index (χ1v) is 4.81. The summed E-state index contributed by atoms with van der Waals surface area (Å²) in [4.78, 5) is 0. The second-order valence-electron chi connectivity index (χ2n) is 3.55. The fourth-order valence-corrected chi connectivity index (χ4v) is 2.00. The van der Waals surface area contributed by atoms with Crippen molar-refractivity contribution in [3.8, 4) is 0 Å². The minimum atomic E-state index is 0.159. The lowest BCUT2D eigenvalue weighted by molar-refractivity contribution is 0.280. The number of aliphatic hydroxyl groups is 1. The summed E-state index contributed by atoms with van der Waals surface area (Å²) in [6, 6.07) is 8.17. The second kappa shape index (κ2) is 3.90. The van der Waals surface area contributed by atoms with Crippen LogP contribution in [0.25, 0.3) is 0 Å². The van der Waals surface area contributed by atoms with Crippen LogP contribution in [0.15, 0.2) is 24.3 Å². The molecule has 0 bridgehead atoms. The Morgan fingerprint density at radius 3 is 2.92 bits per heavy atom. The number of nitrogens with one attached hydrogen (secondary N) is 1. The van der Waals surface area contributed by atoms with E-state index in [4.69, 9.17) is 5.11 Å². The molecule has 1 heterocycles. The van der Waals surface area contributed by atoms with Crippen LogP contribution in [0.1, 0.15) is 23.5 Å². The first kappa shape index (κ1) is 8.73. The molecule has 1 unspecified atom stereocenters. The highest BCUT2D eigenvalue weighted by Crippen LogP contribution is 2.25. The fraction of sp³-hybridized carbons (Fsp3) is 0.455. The molecule has 1 aromatic rings. The maximum absolute atomic E-state index is 9.16. The molecule has 2 N–H and O–H groups in total. The van der Waals surface area contributed by atoms with Gasteiger partial charge in [-0.2, -0.15) is 0 Å². The van der Waals surface area contributed by atoms with Gasteiger partial charge < -0.3 is 10.4 Å². The molecule has 0 saturated carbocycles. The molecule has 1 atom stereocenters. The molecule has 0 aromatic heterocycles. The van der Waals surface area contributed by atoms with Crippen molar-refractivity contribution in [2.24, 2.45) is 0 Å². The molecule has 2 rings (SSSR count). The van der Waals surface area contributed by atoms with Crippen molar-refractivity contribution in [1.29, 1.82) is 0 Å². The summed E-state index contributed by atoms with van der Waals surface area (Å²) < 4.78 is 0. The van der Waals surface area contributed by atoms with E-state index in [1.165, 1.54) is 12.0 Å². The Morgan fingerprint density at radius 1 is 1.38 bits per heavy atom. The van der Waals surface area contributed by atoms with Gasteiger partial charge in [-0.1, -0.05) is 24.3 Å². The topological polar surface area (TPSA) is 32.3 Å². The van der Waals surface area contributed by atoms with Crippen LogP contribution < -0.4 is 5.32 Å². The smallest absolute Gasteiger partial charge is 0.0684 e. The largest absolute Gasteiger partial charge is 0.392 e. The molecule has 0 spiro atoms. The predicted molar refractivity (Wildman–Crippen MR) is 52.6 cm³/mol. The van der Waals surface area contributed by atoms with E-state index in [9.17, 15) is 0 Å². The number of benzene rings is 1. The highest BCUT2D eigenvalue weighted by molar-refractivity contribution is 5.30. The van der Waals surface area contributed by atoms with Gasteiger partial charge in [-0.25, -0.2) is 0 Å². The van der Waals surface area contributed by atoms with Crippen LogP contribution in [-0.4, -0.2) is 18.2 Å². The van der Waals surface area contributed by atoms with Gasteiger partial charge in [0.15, 0.2) is 0 Å². The maximum atomic E-state index is 9.16. The Hall–Kier alpha value is -0.860. The number of aliphatic hydroxyl groups excluding tert-OH is 1. The van der Waals surface area contributed by atoms with Gasteiger partial charge in [-0.05, 0) is 30.0 Å². The Kier molecular flexibility index (Phi) is 2.62. The molecule has 1 fully saturated rings. The zero-order valence-corrected chi connectivity index (χ0v) is 7.66. The maximum Gasteiger partial charge on any atom is 0.0684 e. The molecule has 1 aromatic carbocycles. The minimum Gasteiger partial charge on any atom is -0.392 e. The SMILES string of the molecule is OCc1ccccc1C1CCNC1. The van der Waals surface area contributed by atoms with E-state index in [1.807, 2.05) is 18.2 Å². The summed E-state index contributed by atoms with van der Waals surface area (Å²) in [7, 11) is 0. The van der Waals surface area contributed by atoms with Crippen LogP contribution in [-0.2, 0) is 6.61 Å². The summed E-state index contributed by atoms with van der Waals surface area (Å²) in [6.07, 6.45) is 1.19. The van der Waals surface area contributed by atoms with Gasteiger partial charge in [0.1, 0.15) is 0 Å². The third kappa shape index (κ3) is 1.74. The average Bonchev–Trinajstić information content (AvgIpc) is 2.70. The molecule has 0 amide bonds. The van der Waals surface area contributed by atoms with Crippen LogP contribution in [0.4, 0.5) is 0 Å². The average molecular weight is 177 g/mol. The quantitative estimate of drug-likeness (QED) is 0.712. The summed E-state index contributed by atoms with van der Waals surface area (Å²) in [5.74, 6) is 0.600. The van der Waals surface area contributed by atoms with E-state index < -0.39 is 0 Å². The Bertz CT molecular complexity index is 279. The first-order chi connectivity index (χ1) is 6.42. The van der Waals surface area contributed by atoms with Crippen LogP contribution >= 0.6 is 0 Å². The normalized spacial score (nSPS) is 22.1. The number of hydrogen-bond acceptors (Lipinski definition) is 2. The summed E-state index contributed by atoms with van der Waals surface area (Å²) in [6.45, 7) is 2.31. The van der Waals surface area contributed by atoms with E-state index in [1.54, 1.807) is 0 Å². The lowest BCUT2D eigenvalue weighted by atomic mass is 9.94. The van der Waals surface area contributed by atoms with Crippen molar-refractivity contribution in [2.75, 3.05) is 13.1 Å². The fourth-order valence-electron chi connectivity index (χ4n) is 2.00. The van der Waals surface area contributed by atoms with Gasteiger partial charge in [0.05, 0.1) is 6.61 Å². The van der Waals surface area contributed by atoms with Crippen molar-refractivity contribution < 1.29 is 5.11 Å². The van der Waals surface area contributed by atoms with Crippen LogP contribution in [0, 0.1) is 0 Å². The van der Waals surface area contributed by atoms with E-state index in [0.717, 1.165) is 18.7 Å². The predicted octanol–water partition coefficient (Wildman–Crippen LogP) is 1.26. The van der Waals surface area contributed by atoms with E-state index in [-0.39, 0.29) is 6.61 Å². The molecule has 13 heavy (non-hydrogen) atoms. The van der Waals surface area contributed by atoms with E-state index in [0.29, 0.717) is 5.92 Å². The zero-order valence-electron chi connectivity index (χ0n) is 7.66. The molecule has 1 aliphatic rings. The van der Waals surface area contributed by atoms with Gasteiger partial charge >= 0.3 is 0 Å². The third-order valence-corrected chi connectivity index (χ3v) is 2.73. The van der Waals surface area contributed by atoms with Crippen LogP contribution in [0.2, 0.25) is 0 Å². The minimum absolute atomic E-state index is 0.159. The van der Waals surface area contributed by atoms with Gasteiger partial charge in [0.2, 0.25) is 0 Å². The Balaban J connectivity index is 2.26. The highest BCUT2D eigenvalue weighted by Gasteiger charge is 2.18. The van der Waals surface area contributed by atoms with Crippen molar-refractivity contribution in [2.45, 2.75) is 18.9 Å². The first-order valence-electron chi connectivity index (χ1n) is 4.81. The van der Waals surface area contributed by atoms with Gasteiger partial charge in [0.25, 0.3) is 0 Å². The zero-order chi connectivity index (χ0) is 9.10. The lowest BCUT2D eigenvalue weighted by Gasteiger charge is -2.12. The van der Waals surface area contributed by atoms with E-state index >= 15 is 0 Å². The van der Waals surface area contributed by atoms with Crippen molar-refractivity contribution >= 4 is 0 Å². The van der Waals surface area contributed by atoms with Crippen molar-refractivity contribution in [1.82, 2.24) is 5.32 Å². The molecule has 70 valence electrons. The van der Waals surface area contributed by atoms with Crippen molar-refractivity contribution in [3.63, 3.8) is 0 Å². The summed E-state index contributed by atoms with van der Waals surface area (Å²) in [5, 5.41) is 12.5. The van der Waals surface area contributed by atoms with Crippen LogP contribution in [0.3, 0.4) is 0 Å². The Morgan fingerprint density at radius 2 is 2.23 bits per heavy atom. The van der Waals surface area contributed by atoms with Crippen LogP contribution in [0.5, 0.6) is 0 Å². The molecule has 1 aliphatic heterocycles. The van der Waals surface area contributed by atoms with Gasteiger partial charge in [0, 0.05) is 6.54 Å². The molecular weight excluding hydrogens is 162 g/mol. The standard InChI is InChI=1S/C11H15NO/c13-8-10-3-1-2-4-11(10)9-5-6-12-7-9/h1-4,9,12-13H,5-8H2. The van der Waals surface area contributed by atoms with Crippen molar-refractivity contribution in [3.05, 3.63) is 35.4 Å². The monoisotopic (exact) mass is 177 g/mol. The van der Waals surface area contributed by atoms with Gasteiger partial charge in [-0.3, -0.25) is 0 Å². The number of hydrogen-bond donors (Lipinski definition) is 2. The second-order valence-corrected chi connectivity index (χ2v) is 3.55. The molecule has 0 aliphatic carbocycles. The van der Waals surface area contributed by atoms with Gasteiger partial charge in [-0.15, -0.1) is 0 Å². The molecular formula is C11H15NO. The summed E-state index contributed by atoms with van der Waals surface area (Å²) in [5.41, 5.74) is 2.39. The molecule has 2 heteroatoms. The molecule has 2 nitrogen and oxygen atoms in total. The lowest BCUT2D eigenvalue weighted by Crippen LogP contribution is -2.09. The highest BCUT2D eigenvalue weighted by atomic mass is 16.3.